The molecule has 0 saturated carbocycles. The normalized spacial score (nSPS) is 10.9. The monoisotopic (exact) mass is 326 g/mol. The van der Waals surface area contributed by atoms with Gasteiger partial charge >= 0.3 is 0 Å². The molecule has 0 atom stereocenters. The van der Waals surface area contributed by atoms with Crippen LogP contribution in [-0.2, 0) is 6.54 Å². The maximum absolute atomic E-state index is 12.6. The van der Waals surface area contributed by atoms with Crippen molar-refractivity contribution >= 4 is 11.0 Å². The predicted octanol–water partition coefficient (Wildman–Crippen LogP) is 4.42. The third-order valence-corrected chi connectivity index (χ3v) is 4.39. The molecule has 0 radical (unpaired) electrons. The van der Waals surface area contributed by atoms with Crippen LogP contribution in [0.2, 0.25) is 0 Å². The SMILES string of the molecule is Cc1nc2ccccc2n(Cc2cccc(-c3ccccc3)c2)c1=O. The minimum Gasteiger partial charge on any atom is -0.301 e. The van der Waals surface area contributed by atoms with Gasteiger partial charge in [0.15, 0.2) is 0 Å². The molecule has 1 heterocycles. The van der Waals surface area contributed by atoms with E-state index in [2.05, 4.69) is 35.3 Å². The van der Waals surface area contributed by atoms with Gasteiger partial charge in [0.2, 0.25) is 0 Å². The largest absolute Gasteiger partial charge is 0.301 e. The lowest BCUT2D eigenvalue weighted by atomic mass is 10.0. The summed E-state index contributed by atoms with van der Waals surface area (Å²) in [6, 6.07) is 26.4. The zero-order valence-corrected chi connectivity index (χ0v) is 14.0. The van der Waals surface area contributed by atoms with Gasteiger partial charge in [-0.25, -0.2) is 4.98 Å². The molecule has 0 saturated heterocycles. The molecular formula is C22H18N2O. The first-order valence-corrected chi connectivity index (χ1v) is 8.33. The second-order valence-electron chi connectivity index (χ2n) is 6.14. The second kappa shape index (κ2) is 6.36. The van der Waals surface area contributed by atoms with E-state index in [0.29, 0.717) is 12.2 Å². The highest BCUT2D eigenvalue weighted by atomic mass is 16.1. The molecule has 0 unspecified atom stereocenters. The number of fused-ring (bicyclic) bond motifs is 1. The molecule has 4 aromatic rings. The van der Waals surface area contributed by atoms with Gasteiger partial charge in [-0.05, 0) is 41.8 Å². The third-order valence-electron chi connectivity index (χ3n) is 4.39. The Morgan fingerprint density at radius 3 is 2.40 bits per heavy atom. The summed E-state index contributed by atoms with van der Waals surface area (Å²) in [5.41, 5.74) is 5.62. The fourth-order valence-electron chi connectivity index (χ4n) is 3.14. The molecule has 0 N–H and O–H groups in total. The molecule has 1 aromatic heterocycles. The zero-order chi connectivity index (χ0) is 17.2. The first kappa shape index (κ1) is 15.3. The highest BCUT2D eigenvalue weighted by molar-refractivity contribution is 5.74. The maximum atomic E-state index is 12.6. The molecule has 0 aliphatic carbocycles. The van der Waals surface area contributed by atoms with E-state index in [-0.39, 0.29) is 5.56 Å². The number of para-hydroxylation sites is 2. The van der Waals surface area contributed by atoms with Gasteiger partial charge in [-0.2, -0.15) is 0 Å². The number of hydrogen-bond donors (Lipinski definition) is 0. The van der Waals surface area contributed by atoms with Crippen LogP contribution in [0.15, 0.2) is 83.7 Å². The number of nitrogens with zero attached hydrogens (tertiary/aromatic N) is 2. The van der Waals surface area contributed by atoms with Crippen LogP contribution in [0.3, 0.4) is 0 Å². The van der Waals surface area contributed by atoms with Crippen LogP contribution in [0.4, 0.5) is 0 Å². The summed E-state index contributed by atoms with van der Waals surface area (Å²) < 4.78 is 1.81. The summed E-state index contributed by atoms with van der Waals surface area (Å²) in [7, 11) is 0. The van der Waals surface area contributed by atoms with Crippen molar-refractivity contribution in [2.24, 2.45) is 0 Å². The van der Waals surface area contributed by atoms with E-state index in [9.17, 15) is 4.79 Å². The number of rotatable bonds is 3. The van der Waals surface area contributed by atoms with Gasteiger partial charge in [-0.15, -0.1) is 0 Å². The number of benzene rings is 3. The van der Waals surface area contributed by atoms with E-state index in [1.807, 2.05) is 53.1 Å². The highest BCUT2D eigenvalue weighted by Gasteiger charge is 2.08. The second-order valence-corrected chi connectivity index (χ2v) is 6.14. The zero-order valence-electron chi connectivity index (χ0n) is 14.0. The molecule has 4 rings (SSSR count). The van der Waals surface area contributed by atoms with Crippen LogP contribution in [0.1, 0.15) is 11.3 Å². The van der Waals surface area contributed by atoms with E-state index >= 15 is 0 Å². The van der Waals surface area contributed by atoms with Gasteiger partial charge in [0, 0.05) is 0 Å². The molecule has 3 aromatic carbocycles. The summed E-state index contributed by atoms with van der Waals surface area (Å²) in [4.78, 5) is 17.1. The smallest absolute Gasteiger partial charge is 0.272 e. The van der Waals surface area contributed by atoms with E-state index in [1.54, 1.807) is 6.92 Å². The molecule has 122 valence electrons. The number of aromatic nitrogens is 2. The lowest BCUT2D eigenvalue weighted by Gasteiger charge is -2.12. The van der Waals surface area contributed by atoms with Crippen LogP contribution < -0.4 is 5.56 Å². The van der Waals surface area contributed by atoms with Crippen LogP contribution in [-0.4, -0.2) is 9.55 Å². The Bertz CT molecular complexity index is 1100. The van der Waals surface area contributed by atoms with E-state index in [4.69, 9.17) is 0 Å². The molecule has 0 aliphatic heterocycles. The Morgan fingerprint density at radius 1 is 0.840 bits per heavy atom. The van der Waals surface area contributed by atoms with Gasteiger partial charge in [-0.3, -0.25) is 4.79 Å². The molecule has 0 fully saturated rings. The van der Waals surface area contributed by atoms with Crippen molar-refractivity contribution in [2.45, 2.75) is 13.5 Å². The third kappa shape index (κ3) is 2.96. The van der Waals surface area contributed by atoms with Crippen LogP contribution in [0.25, 0.3) is 22.2 Å². The average Bonchev–Trinajstić information content (AvgIpc) is 2.66. The van der Waals surface area contributed by atoms with Gasteiger partial charge in [0.25, 0.3) is 5.56 Å². The van der Waals surface area contributed by atoms with Gasteiger partial charge in [0.1, 0.15) is 5.69 Å². The molecule has 0 spiro atoms. The van der Waals surface area contributed by atoms with Crippen LogP contribution >= 0.6 is 0 Å². The summed E-state index contributed by atoms with van der Waals surface area (Å²) in [5.74, 6) is 0. The van der Waals surface area contributed by atoms with Crippen molar-refractivity contribution in [3.63, 3.8) is 0 Å². The van der Waals surface area contributed by atoms with Gasteiger partial charge < -0.3 is 4.57 Å². The van der Waals surface area contributed by atoms with Crippen molar-refractivity contribution in [1.29, 1.82) is 0 Å². The molecular weight excluding hydrogens is 308 g/mol. The van der Waals surface area contributed by atoms with Crippen molar-refractivity contribution < 1.29 is 0 Å². The number of hydrogen-bond acceptors (Lipinski definition) is 2. The van der Waals surface area contributed by atoms with Gasteiger partial charge in [-0.1, -0.05) is 60.7 Å². The molecule has 0 amide bonds. The molecule has 3 heteroatoms. The standard InChI is InChI=1S/C22H18N2O/c1-16-22(25)24(21-13-6-5-12-20(21)23-16)15-17-8-7-11-19(14-17)18-9-3-2-4-10-18/h2-14H,15H2,1H3. The summed E-state index contributed by atoms with van der Waals surface area (Å²) >= 11 is 0. The van der Waals surface area contributed by atoms with E-state index in [1.165, 1.54) is 5.56 Å². The molecule has 25 heavy (non-hydrogen) atoms. The molecule has 3 nitrogen and oxygen atoms in total. The van der Waals surface area contributed by atoms with Crippen LogP contribution in [0, 0.1) is 6.92 Å². The summed E-state index contributed by atoms with van der Waals surface area (Å²) in [5, 5.41) is 0. The first-order chi connectivity index (χ1) is 12.2. The fraction of sp³-hybridized carbons (Fsp3) is 0.0909. The summed E-state index contributed by atoms with van der Waals surface area (Å²) in [6.07, 6.45) is 0. The Hall–Kier alpha value is -3.20. The predicted molar refractivity (Wildman–Crippen MR) is 102 cm³/mol. The quantitative estimate of drug-likeness (QED) is 0.558. The molecule has 0 aliphatic rings. The lowest BCUT2D eigenvalue weighted by molar-refractivity contribution is 0.776. The average molecular weight is 326 g/mol. The minimum atomic E-state index is -0.0381. The van der Waals surface area contributed by atoms with Crippen molar-refractivity contribution in [3.8, 4) is 11.1 Å². The molecule has 0 bridgehead atoms. The highest BCUT2D eigenvalue weighted by Crippen LogP contribution is 2.21. The van der Waals surface area contributed by atoms with Crippen molar-refractivity contribution in [1.82, 2.24) is 9.55 Å². The van der Waals surface area contributed by atoms with Crippen molar-refractivity contribution in [2.75, 3.05) is 0 Å². The van der Waals surface area contributed by atoms with Crippen molar-refractivity contribution in [3.05, 3.63) is 100 Å². The number of aryl methyl sites for hydroxylation is 1. The summed E-state index contributed by atoms with van der Waals surface area (Å²) in [6.45, 7) is 2.30. The first-order valence-electron chi connectivity index (χ1n) is 8.33. The van der Waals surface area contributed by atoms with E-state index < -0.39 is 0 Å². The maximum Gasteiger partial charge on any atom is 0.272 e. The topological polar surface area (TPSA) is 34.9 Å². The van der Waals surface area contributed by atoms with Gasteiger partial charge in [0.05, 0.1) is 17.6 Å². The lowest BCUT2D eigenvalue weighted by Crippen LogP contribution is -2.24. The van der Waals surface area contributed by atoms with Crippen LogP contribution in [0.5, 0.6) is 0 Å². The minimum absolute atomic E-state index is 0.0381. The Morgan fingerprint density at radius 2 is 1.56 bits per heavy atom. The Kier molecular flexibility index (Phi) is 3.90. The van der Waals surface area contributed by atoms with E-state index in [0.717, 1.165) is 22.2 Å². The Labute approximate surface area is 146 Å². The fourth-order valence-corrected chi connectivity index (χ4v) is 3.14. The Balaban J connectivity index is 1.80.